The molecular formula is C59H56GeIrN4O-2. The zero-order chi connectivity index (χ0) is 48.8. The van der Waals surface area contributed by atoms with Gasteiger partial charge in [-0.3, -0.25) is 4.98 Å². The van der Waals surface area contributed by atoms with E-state index >= 15 is 0 Å². The van der Waals surface area contributed by atoms with Gasteiger partial charge in [-0.1, -0.05) is 118 Å². The fourth-order valence-electron chi connectivity index (χ4n) is 8.68. The van der Waals surface area contributed by atoms with Crippen molar-refractivity contribution in [2.45, 2.75) is 77.0 Å². The Morgan fingerprint density at radius 3 is 2.00 bits per heavy atom. The van der Waals surface area contributed by atoms with Crippen LogP contribution in [0.2, 0.25) is 17.3 Å². The number of fused-ring (bicyclic) bond motifs is 4. The van der Waals surface area contributed by atoms with Crippen LogP contribution in [-0.2, 0) is 26.5 Å². The summed E-state index contributed by atoms with van der Waals surface area (Å²) in [5, 5.41) is 2.13. The second-order valence-corrected chi connectivity index (χ2v) is 28.8. The quantitative estimate of drug-likeness (QED) is 0.107. The monoisotopic (exact) mass is 1110 g/mol. The van der Waals surface area contributed by atoms with Gasteiger partial charge in [0.2, 0.25) is 0 Å². The van der Waals surface area contributed by atoms with E-state index in [1.165, 1.54) is 32.7 Å². The first kappa shape index (κ1) is 41.5. The summed E-state index contributed by atoms with van der Waals surface area (Å²) in [5.41, 5.74) is 15.1. The number of furan rings is 1. The van der Waals surface area contributed by atoms with Crippen LogP contribution in [0.15, 0.2) is 156 Å². The van der Waals surface area contributed by atoms with Gasteiger partial charge in [0, 0.05) is 42.9 Å². The van der Waals surface area contributed by atoms with Crippen LogP contribution >= 0.6 is 0 Å². The minimum Gasteiger partial charge on any atom is 0 e. The Labute approximate surface area is 411 Å². The number of para-hydroxylation sites is 1. The van der Waals surface area contributed by atoms with Gasteiger partial charge in [-0.2, -0.15) is 0 Å². The van der Waals surface area contributed by atoms with Gasteiger partial charge in [-0.05, 0) is 63.9 Å². The van der Waals surface area contributed by atoms with Crippen LogP contribution < -0.4 is 4.40 Å². The van der Waals surface area contributed by atoms with Crippen molar-refractivity contribution >= 4 is 50.8 Å². The van der Waals surface area contributed by atoms with Crippen LogP contribution in [0.4, 0.5) is 0 Å². The van der Waals surface area contributed by atoms with Crippen LogP contribution in [0.3, 0.4) is 0 Å². The molecule has 10 aromatic rings. The topological polar surface area (TPSA) is 56.7 Å². The van der Waals surface area contributed by atoms with Crippen molar-refractivity contribution in [3.63, 3.8) is 0 Å². The zero-order valence-corrected chi connectivity index (χ0v) is 43.2. The third kappa shape index (κ3) is 9.24. The van der Waals surface area contributed by atoms with Crippen molar-refractivity contribution in [1.82, 2.24) is 19.5 Å². The van der Waals surface area contributed by atoms with Gasteiger partial charge in [-0.25, -0.2) is 4.98 Å². The smallest absolute Gasteiger partial charge is 0 e. The van der Waals surface area contributed by atoms with E-state index in [-0.39, 0.29) is 43.9 Å². The molecule has 4 heterocycles. The van der Waals surface area contributed by atoms with E-state index in [1.54, 1.807) is 12.1 Å². The van der Waals surface area contributed by atoms with Crippen LogP contribution in [0, 0.1) is 19.0 Å². The van der Waals surface area contributed by atoms with E-state index in [4.69, 9.17) is 19.9 Å². The molecule has 1 radical (unpaired) electrons. The first-order valence-corrected chi connectivity index (χ1v) is 29.8. The van der Waals surface area contributed by atoms with Gasteiger partial charge in [0.1, 0.15) is 5.58 Å². The Morgan fingerprint density at radius 1 is 0.712 bits per heavy atom. The summed E-state index contributed by atoms with van der Waals surface area (Å²) in [6.07, 6.45) is 3.52. The van der Waals surface area contributed by atoms with Crippen molar-refractivity contribution < 1.29 is 30.0 Å². The Kier molecular flexibility index (Phi) is 12.3. The molecule has 5 nitrogen and oxygen atoms in total. The van der Waals surface area contributed by atoms with Crippen LogP contribution in [0.5, 0.6) is 0 Å². The largest absolute Gasteiger partial charge is 0 e. The normalized spacial score (nSPS) is 13.2. The number of rotatable bonds is 9. The van der Waals surface area contributed by atoms with Crippen LogP contribution in [0.25, 0.3) is 83.7 Å². The minimum atomic E-state index is -2.12. The second kappa shape index (κ2) is 19.5. The van der Waals surface area contributed by atoms with E-state index in [1.807, 2.05) is 49.6 Å². The molecule has 0 N–H and O–H groups in total. The summed E-state index contributed by atoms with van der Waals surface area (Å²) < 4.78 is 40.5. The molecule has 0 amide bonds. The number of aromatic nitrogens is 4. The number of hydrogen-bond acceptors (Lipinski definition) is 4. The van der Waals surface area contributed by atoms with Crippen molar-refractivity contribution in [2.24, 2.45) is 0 Å². The van der Waals surface area contributed by atoms with Crippen molar-refractivity contribution in [2.75, 3.05) is 0 Å². The minimum absolute atomic E-state index is 0. The van der Waals surface area contributed by atoms with Gasteiger partial charge in [0.15, 0.2) is 5.65 Å². The molecule has 333 valence electrons. The molecule has 0 bridgehead atoms. The molecule has 0 saturated heterocycles. The first-order valence-electron chi connectivity index (χ1n) is 24.5. The molecule has 1 atom stereocenters. The summed E-state index contributed by atoms with van der Waals surface area (Å²) in [6.45, 7) is 8.85. The van der Waals surface area contributed by atoms with Crippen LogP contribution in [0.1, 0.15) is 74.2 Å². The van der Waals surface area contributed by atoms with Crippen molar-refractivity contribution in [1.29, 1.82) is 0 Å². The average molecular weight is 1110 g/mol. The predicted molar refractivity (Wildman–Crippen MR) is 275 cm³/mol. The SMILES string of the molecule is CC(C)c1cc(-c2ccccc2)cc(C(C)C)c1-n1c(-c2[c-]ccc3c2oc2ccccc23)nc2ncc(-c3ccccc3)cc21.[2H]C(C)c1cc(-c2[c-]cc(C([2H])([2H])[2H])cc2)nc[c]1[Ge]([CH3])([CH3])[CH3].[Ir]. The molecule has 0 aliphatic heterocycles. The summed E-state index contributed by atoms with van der Waals surface area (Å²) in [7, 11) is 0. The second-order valence-electron chi connectivity index (χ2n) is 18.3. The predicted octanol–water partition coefficient (Wildman–Crippen LogP) is 15.3. The Bertz CT molecular complexity index is 3420. The molecule has 0 aliphatic rings. The third-order valence-electron chi connectivity index (χ3n) is 12.1. The van der Waals surface area contributed by atoms with E-state index in [0.29, 0.717) is 5.65 Å². The summed E-state index contributed by atoms with van der Waals surface area (Å²) in [6, 6.07) is 53.6. The molecule has 1 unspecified atom stereocenters. The Hall–Kier alpha value is -5.92. The number of benzene rings is 6. The van der Waals surface area contributed by atoms with Crippen molar-refractivity contribution in [3.05, 3.63) is 186 Å². The maximum atomic E-state index is 8.13. The molecule has 10 rings (SSSR count). The molecular weight excluding hydrogens is 1050 g/mol. The number of aryl methyl sites for hydroxylation is 2. The van der Waals surface area contributed by atoms with Gasteiger partial charge >= 0.3 is 124 Å². The number of hydrogen-bond donors (Lipinski definition) is 0. The van der Waals surface area contributed by atoms with Crippen LogP contribution in [-0.4, -0.2) is 32.8 Å². The van der Waals surface area contributed by atoms with Gasteiger partial charge in [-0.15, -0.1) is 18.2 Å². The third-order valence-corrected chi connectivity index (χ3v) is 16.3. The van der Waals surface area contributed by atoms with E-state index in [2.05, 4.69) is 158 Å². The molecule has 0 spiro atoms. The average Bonchev–Trinajstić information content (AvgIpc) is 3.92. The van der Waals surface area contributed by atoms with Gasteiger partial charge in [0.25, 0.3) is 0 Å². The van der Waals surface area contributed by atoms with E-state index < -0.39 is 20.1 Å². The van der Waals surface area contributed by atoms with Gasteiger partial charge in [0.05, 0.1) is 16.9 Å². The fourth-order valence-corrected chi connectivity index (χ4v) is 11.9. The molecule has 4 aromatic heterocycles. The number of pyridine rings is 2. The van der Waals surface area contributed by atoms with Gasteiger partial charge < -0.3 is 8.98 Å². The Morgan fingerprint density at radius 2 is 1.38 bits per heavy atom. The number of imidazole rings is 1. The number of nitrogens with zero attached hydrogens (tertiary/aromatic N) is 4. The molecule has 0 fully saturated rings. The molecule has 0 aliphatic carbocycles. The summed E-state index contributed by atoms with van der Waals surface area (Å²) in [4.78, 5) is 14.7. The summed E-state index contributed by atoms with van der Waals surface area (Å²) in [5.74, 6) is 8.14. The molecule has 66 heavy (non-hydrogen) atoms. The maximum absolute atomic E-state index is 8.13. The molecule has 6 aromatic carbocycles. The Balaban J connectivity index is 0.000000233. The van der Waals surface area contributed by atoms with E-state index in [0.717, 1.165) is 72.5 Å². The first-order chi connectivity index (χ1) is 33.0. The zero-order valence-electron chi connectivity index (χ0n) is 42.7. The molecule has 0 saturated carbocycles. The van der Waals surface area contributed by atoms with Crippen molar-refractivity contribution in [3.8, 4) is 50.6 Å². The molecule has 7 heteroatoms. The maximum Gasteiger partial charge on any atom is 0 e. The summed E-state index contributed by atoms with van der Waals surface area (Å²) >= 11 is -2.09. The standard InChI is InChI=1S/C42H34N3O.C17H22GeN.Ir/c1-26(2)35-22-30(28-14-7-5-8-15-28)23-36(27(3)4)39(35)45-37-24-31(29-16-9-6-10-17-29)25-43-41(37)44-42(45)34-20-13-19-33-32-18-11-12-21-38(32)46-40(33)34;1-6-14-11-17(15-9-7-13(2)8-10-15)19-12-16(14)18(3,4)5;/h5-19,21-27H,1-4H3;7-9,11-12H,6H2,1-5H3;/q2*-1;/i;2D3,6D;. The van der Waals surface area contributed by atoms with E-state index in [9.17, 15) is 0 Å². The fraction of sp³-hybridized carbons (Fsp3) is 0.203.